The Balaban J connectivity index is 1.31. The maximum Gasteiger partial charge on any atom is 0.262 e. The number of carbonyl (C=O) groups is 1. The van der Waals surface area contributed by atoms with Crippen LogP contribution in [0.5, 0.6) is 0 Å². The van der Waals surface area contributed by atoms with Gasteiger partial charge in [0, 0.05) is 45.2 Å². The van der Waals surface area contributed by atoms with Crippen molar-refractivity contribution >= 4 is 22.8 Å². The Hall–Kier alpha value is -2.77. The van der Waals surface area contributed by atoms with E-state index in [0.29, 0.717) is 42.4 Å². The quantitative estimate of drug-likeness (QED) is 0.662. The van der Waals surface area contributed by atoms with Gasteiger partial charge in [0.25, 0.3) is 5.56 Å². The van der Waals surface area contributed by atoms with Crippen LogP contribution in [0.25, 0.3) is 10.9 Å². The summed E-state index contributed by atoms with van der Waals surface area (Å²) in [7, 11) is 2.18. The van der Waals surface area contributed by atoms with E-state index in [2.05, 4.69) is 35.1 Å². The number of nitrogens with zero attached hydrogens (tertiary/aromatic N) is 5. The Morgan fingerprint density at radius 3 is 2.56 bits per heavy atom. The molecule has 3 heterocycles. The summed E-state index contributed by atoms with van der Waals surface area (Å²) in [6.45, 7) is 5.45. The molecular formula is C29H37N5O2. The van der Waals surface area contributed by atoms with Crippen LogP contribution in [0.3, 0.4) is 0 Å². The minimum absolute atomic E-state index is 0.0245. The lowest BCUT2D eigenvalue weighted by atomic mass is 9.71. The Labute approximate surface area is 213 Å². The lowest BCUT2D eigenvalue weighted by Gasteiger charge is -2.37. The predicted octanol–water partition coefficient (Wildman–Crippen LogP) is 3.59. The first-order chi connectivity index (χ1) is 17.5. The van der Waals surface area contributed by atoms with Crippen LogP contribution in [0.1, 0.15) is 44.9 Å². The van der Waals surface area contributed by atoms with Crippen molar-refractivity contribution in [3.8, 4) is 0 Å². The normalized spacial score (nSPS) is 25.1. The molecule has 2 fully saturated rings. The molecule has 0 N–H and O–H groups in total. The molecule has 7 heteroatoms. The summed E-state index contributed by atoms with van der Waals surface area (Å²) in [5, 5.41) is 0.633. The van der Waals surface area contributed by atoms with Crippen LogP contribution in [0, 0.1) is 5.41 Å². The molecule has 2 aromatic rings. The summed E-state index contributed by atoms with van der Waals surface area (Å²) in [4.78, 5) is 39.1. The lowest BCUT2D eigenvalue weighted by Crippen LogP contribution is -2.48. The van der Waals surface area contributed by atoms with Crippen molar-refractivity contribution < 1.29 is 4.79 Å². The van der Waals surface area contributed by atoms with Crippen LogP contribution in [0.2, 0.25) is 0 Å². The van der Waals surface area contributed by atoms with Gasteiger partial charge in [0.15, 0.2) is 0 Å². The molecule has 190 valence electrons. The minimum Gasteiger partial charge on any atom is -0.304 e. The zero-order chi connectivity index (χ0) is 24.7. The molecule has 0 bridgehead atoms. The maximum absolute atomic E-state index is 13.8. The Morgan fingerprint density at radius 1 is 1.03 bits per heavy atom. The first-order valence-corrected chi connectivity index (χ1v) is 13.6. The molecule has 1 spiro atoms. The summed E-state index contributed by atoms with van der Waals surface area (Å²) < 4.78 is 1.82. The molecule has 1 saturated heterocycles. The molecule has 1 atom stereocenters. The molecule has 1 aromatic carbocycles. The van der Waals surface area contributed by atoms with Crippen molar-refractivity contribution in [2.24, 2.45) is 5.41 Å². The van der Waals surface area contributed by atoms with Crippen molar-refractivity contribution in [3.63, 3.8) is 0 Å². The number of rotatable bonds is 3. The summed E-state index contributed by atoms with van der Waals surface area (Å²) >= 11 is 0. The number of benzene rings is 1. The first kappa shape index (κ1) is 23.6. The van der Waals surface area contributed by atoms with Crippen molar-refractivity contribution in [2.45, 2.75) is 57.5 Å². The first-order valence-electron chi connectivity index (χ1n) is 13.6. The molecule has 0 radical (unpaired) electrons. The van der Waals surface area contributed by atoms with E-state index in [1.807, 2.05) is 28.8 Å². The van der Waals surface area contributed by atoms with Gasteiger partial charge in [-0.25, -0.2) is 4.98 Å². The molecule has 6 rings (SSSR count). The third-order valence-corrected chi connectivity index (χ3v) is 8.82. The SMILES string of the molecule is CN1CCN(C2C=CC(CN3C(=O)CC4(CCCCC4)Cn4c3nc3ccccc3c4=O)=CC2)CC1. The lowest BCUT2D eigenvalue weighted by molar-refractivity contribution is -0.121. The minimum atomic E-state index is -0.143. The third kappa shape index (κ3) is 4.43. The number of anilines is 1. The zero-order valence-electron chi connectivity index (χ0n) is 21.4. The van der Waals surface area contributed by atoms with Gasteiger partial charge in [-0.1, -0.05) is 49.6 Å². The van der Waals surface area contributed by atoms with Gasteiger partial charge < -0.3 is 4.90 Å². The molecule has 1 saturated carbocycles. The van der Waals surface area contributed by atoms with Crippen LogP contribution in [-0.2, 0) is 11.3 Å². The van der Waals surface area contributed by atoms with Gasteiger partial charge in [0.05, 0.1) is 17.4 Å². The van der Waals surface area contributed by atoms with Gasteiger partial charge in [-0.3, -0.25) is 24.0 Å². The highest BCUT2D eigenvalue weighted by atomic mass is 16.2. The number of para-hydroxylation sites is 1. The van der Waals surface area contributed by atoms with Gasteiger partial charge >= 0.3 is 0 Å². The average Bonchev–Trinajstić information content (AvgIpc) is 3.00. The van der Waals surface area contributed by atoms with Crippen molar-refractivity contribution in [1.82, 2.24) is 19.4 Å². The van der Waals surface area contributed by atoms with Gasteiger partial charge in [0.2, 0.25) is 11.9 Å². The van der Waals surface area contributed by atoms with Gasteiger partial charge in [0.1, 0.15) is 0 Å². The number of amides is 1. The van der Waals surface area contributed by atoms with Crippen LogP contribution in [0.15, 0.2) is 52.9 Å². The maximum atomic E-state index is 13.8. The Bertz CT molecular complexity index is 1260. The van der Waals surface area contributed by atoms with Crippen molar-refractivity contribution in [3.05, 3.63) is 58.4 Å². The molecule has 4 aliphatic rings. The highest BCUT2D eigenvalue weighted by Gasteiger charge is 2.41. The number of piperazine rings is 1. The highest BCUT2D eigenvalue weighted by molar-refractivity contribution is 5.94. The predicted molar refractivity (Wildman–Crippen MR) is 143 cm³/mol. The van der Waals surface area contributed by atoms with E-state index in [1.54, 1.807) is 4.90 Å². The molecule has 1 amide bonds. The fourth-order valence-electron chi connectivity index (χ4n) is 6.60. The van der Waals surface area contributed by atoms with E-state index < -0.39 is 0 Å². The van der Waals surface area contributed by atoms with E-state index >= 15 is 0 Å². The average molecular weight is 488 g/mol. The number of likely N-dealkylation sites (N-methyl/N-ethyl adjacent to an activating group) is 1. The van der Waals surface area contributed by atoms with Crippen LogP contribution < -0.4 is 10.5 Å². The largest absolute Gasteiger partial charge is 0.304 e. The van der Waals surface area contributed by atoms with E-state index in [4.69, 9.17) is 4.98 Å². The van der Waals surface area contributed by atoms with E-state index in [1.165, 1.54) is 6.42 Å². The number of hydrogen-bond acceptors (Lipinski definition) is 5. The third-order valence-electron chi connectivity index (χ3n) is 8.82. The smallest absolute Gasteiger partial charge is 0.262 e. The summed E-state index contributed by atoms with van der Waals surface area (Å²) in [5.74, 6) is 0.613. The van der Waals surface area contributed by atoms with E-state index in [-0.39, 0.29) is 16.9 Å². The van der Waals surface area contributed by atoms with Crippen molar-refractivity contribution in [2.75, 3.05) is 44.7 Å². The topological polar surface area (TPSA) is 61.7 Å². The molecule has 2 aliphatic carbocycles. The number of carbonyl (C=O) groups excluding carboxylic acids is 1. The molecule has 36 heavy (non-hydrogen) atoms. The van der Waals surface area contributed by atoms with Crippen LogP contribution >= 0.6 is 0 Å². The fourth-order valence-corrected chi connectivity index (χ4v) is 6.60. The molecule has 2 aliphatic heterocycles. The van der Waals surface area contributed by atoms with E-state index in [0.717, 1.165) is 63.9 Å². The van der Waals surface area contributed by atoms with Gasteiger partial charge in [-0.05, 0) is 49.4 Å². The number of aromatic nitrogens is 2. The molecule has 1 aromatic heterocycles. The zero-order valence-corrected chi connectivity index (χ0v) is 21.4. The highest BCUT2D eigenvalue weighted by Crippen LogP contribution is 2.43. The second-order valence-corrected chi connectivity index (χ2v) is 11.3. The Morgan fingerprint density at radius 2 is 1.81 bits per heavy atom. The number of hydrogen-bond donors (Lipinski definition) is 0. The second kappa shape index (κ2) is 9.60. The number of fused-ring (bicyclic) bond motifs is 2. The summed E-state index contributed by atoms with van der Waals surface area (Å²) in [6.07, 6.45) is 13.7. The second-order valence-electron chi connectivity index (χ2n) is 11.3. The summed E-state index contributed by atoms with van der Waals surface area (Å²) in [5.41, 5.74) is 1.62. The standard InChI is InChI=1S/C29H37N5O2/c1-31-15-17-32(18-16-31)23-11-9-22(10-12-23)20-33-26(35)19-29(13-5-2-6-14-29)21-34-27(36)24-7-3-4-8-25(24)30-28(33)34/h3-4,7-11,23H,2,5-6,12-21H2,1H3. The van der Waals surface area contributed by atoms with Gasteiger partial charge in [-0.15, -0.1) is 0 Å². The molecule has 7 nitrogen and oxygen atoms in total. The molecular weight excluding hydrogens is 450 g/mol. The Kier molecular flexibility index (Phi) is 6.30. The monoisotopic (exact) mass is 487 g/mol. The van der Waals surface area contributed by atoms with E-state index in [9.17, 15) is 9.59 Å². The van der Waals surface area contributed by atoms with Crippen LogP contribution in [0.4, 0.5) is 5.95 Å². The molecule has 1 unspecified atom stereocenters. The van der Waals surface area contributed by atoms with Gasteiger partial charge in [-0.2, -0.15) is 0 Å². The van der Waals surface area contributed by atoms with Crippen molar-refractivity contribution in [1.29, 1.82) is 0 Å². The van der Waals surface area contributed by atoms with Crippen LogP contribution in [-0.4, -0.2) is 71.1 Å². The fraction of sp³-hybridized carbons (Fsp3) is 0.552. The summed E-state index contributed by atoms with van der Waals surface area (Å²) in [6, 6.07) is 7.95.